The molecule has 3 rings (SSSR count). The molecule has 6 nitrogen and oxygen atoms in total. The van der Waals surface area contributed by atoms with Gasteiger partial charge in [-0.05, 0) is 41.8 Å². The van der Waals surface area contributed by atoms with Gasteiger partial charge in [0.1, 0.15) is 12.4 Å². The lowest BCUT2D eigenvalue weighted by atomic mass is 10.2. The highest BCUT2D eigenvalue weighted by Gasteiger charge is 2.16. The third kappa shape index (κ3) is 5.77. The molecule has 0 bridgehead atoms. The fourth-order valence-electron chi connectivity index (χ4n) is 2.49. The van der Waals surface area contributed by atoms with Gasteiger partial charge in [0.25, 0.3) is 5.91 Å². The maximum Gasteiger partial charge on any atom is 0.255 e. The van der Waals surface area contributed by atoms with Crippen molar-refractivity contribution in [2.75, 3.05) is 11.9 Å². The third-order valence-corrected chi connectivity index (χ3v) is 6.16. The molecule has 8 heteroatoms. The second-order valence-electron chi connectivity index (χ2n) is 6.01. The Morgan fingerprint density at radius 1 is 1.10 bits per heavy atom. The number of carbonyl (C=O) groups excluding carboxylic acids is 1. The predicted octanol–water partition coefficient (Wildman–Crippen LogP) is 4.04. The summed E-state index contributed by atoms with van der Waals surface area (Å²) in [6, 6.07) is 16.5. The molecule has 0 aliphatic heterocycles. The van der Waals surface area contributed by atoms with Crippen LogP contribution in [0, 0.1) is 0 Å². The van der Waals surface area contributed by atoms with Crippen LogP contribution >= 0.6 is 11.3 Å². The van der Waals surface area contributed by atoms with E-state index >= 15 is 0 Å². The van der Waals surface area contributed by atoms with Crippen molar-refractivity contribution in [3.8, 4) is 5.75 Å². The molecule has 1 heterocycles. The lowest BCUT2D eigenvalue weighted by Crippen LogP contribution is -2.23. The fraction of sp³-hybridized carbons (Fsp3) is 0.0952. The molecule has 0 fully saturated rings. The molecule has 0 spiro atoms. The molecule has 2 aromatic carbocycles. The van der Waals surface area contributed by atoms with Crippen LogP contribution in [0.2, 0.25) is 0 Å². The van der Waals surface area contributed by atoms with Gasteiger partial charge in [-0.25, -0.2) is 13.1 Å². The Labute approximate surface area is 173 Å². The predicted molar refractivity (Wildman–Crippen MR) is 115 cm³/mol. The number of benzene rings is 2. The lowest BCUT2D eigenvalue weighted by Gasteiger charge is -2.10. The molecule has 2 N–H and O–H groups in total. The maximum atomic E-state index is 12.6. The number of thiophene rings is 1. The van der Waals surface area contributed by atoms with Crippen molar-refractivity contribution in [3.05, 3.63) is 89.1 Å². The summed E-state index contributed by atoms with van der Waals surface area (Å²) in [5.74, 6) is 0.179. The van der Waals surface area contributed by atoms with Gasteiger partial charge >= 0.3 is 0 Å². The average molecular weight is 429 g/mol. The Morgan fingerprint density at radius 2 is 1.93 bits per heavy atom. The number of rotatable bonds is 9. The zero-order valence-corrected chi connectivity index (χ0v) is 17.1. The molecule has 0 unspecified atom stereocenters. The summed E-state index contributed by atoms with van der Waals surface area (Å²) >= 11 is 1.47. The summed E-state index contributed by atoms with van der Waals surface area (Å²) in [6.07, 6.45) is 1.63. The van der Waals surface area contributed by atoms with Gasteiger partial charge < -0.3 is 10.1 Å². The summed E-state index contributed by atoms with van der Waals surface area (Å²) < 4.78 is 33.1. The molecule has 0 aliphatic carbocycles. The molecule has 150 valence electrons. The quantitative estimate of drug-likeness (QED) is 0.504. The van der Waals surface area contributed by atoms with Crippen LogP contribution in [-0.2, 0) is 16.6 Å². The highest BCUT2D eigenvalue weighted by atomic mass is 32.2. The summed E-state index contributed by atoms with van der Waals surface area (Å²) in [4.78, 5) is 13.5. The minimum absolute atomic E-state index is 0.0322. The molecule has 1 aromatic heterocycles. The van der Waals surface area contributed by atoms with Gasteiger partial charge in [0.2, 0.25) is 10.0 Å². The summed E-state index contributed by atoms with van der Waals surface area (Å²) in [5, 5.41) is 4.63. The van der Waals surface area contributed by atoms with Gasteiger partial charge in [0.15, 0.2) is 0 Å². The highest BCUT2D eigenvalue weighted by molar-refractivity contribution is 7.89. The van der Waals surface area contributed by atoms with Crippen LogP contribution in [0.1, 0.15) is 15.2 Å². The van der Waals surface area contributed by atoms with E-state index in [0.717, 1.165) is 4.88 Å². The number of ether oxygens (including phenoxy) is 1. The highest BCUT2D eigenvalue weighted by Crippen LogP contribution is 2.19. The number of carbonyl (C=O) groups is 1. The zero-order chi connectivity index (χ0) is 20.7. The first kappa shape index (κ1) is 20.8. The molecular formula is C21H20N2O4S2. The standard InChI is InChI=1S/C21H20N2O4S2/c1-2-11-27-18-8-4-7-17(14-18)23-21(24)16-6-3-10-20(13-16)29(25,26)22-15-19-9-5-12-28-19/h2-10,12-14,22H,1,11,15H2,(H,23,24). The van der Waals surface area contributed by atoms with Crippen molar-refractivity contribution in [1.82, 2.24) is 4.72 Å². The minimum atomic E-state index is -3.73. The van der Waals surface area contributed by atoms with Crippen molar-refractivity contribution in [3.63, 3.8) is 0 Å². The van der Waals surface area contributed by atoms with Crippen molar-refractivity contribution in [2.45, 2.75) is 11.4 Å². The van der Waals surface area contributed by atoms with Gasteiger partial charge in [0, 0.05) is 28.7 Å². The van der Waals surface area contributed by atoms with Crippen LogP contribution in [0.5, 0.6) is 5.75 Å². The van der Waals surface area contributed by atoms with E-state index in [0.29, 0.717) is 18.0 Å². The topological polar surface area (TPSA) is 84.5 Å². The van der Waals surface area contributed by atoms with Gasteiger partial charge in [0.05, 0.1) is 4.90 Å². The molecule has 0 radical (unpaired) electrons. The Balaban J connectivity index is 1.71. The van der Waals surface area contributed by atoms with Crippen LogP contribution in [-0.4, -0.2) is 20.9 Å². The van der Waals surface area contributed by atoms with E-state index < -0.39 is 15.9 Å². The Morgan fingerprint density at radius 3 is 2.69 bits per heavy atom. The van der Waals surface area contributed by atoms with E-state index in [1.54, 1.807) is 36.4 Å². The summed E-state index contributed by atoms with van der Waals surface area (Å²) in [6.45, 7) is 4.15. The molecule has 0 aliphatic rings. The van der Waals surface area contributed by atoms with Crippen LogP contribution in [0.15, 0.2) is 83.6 Å². The van der Waals surface area contributed by atoms with E-state index in [4.69, 9.17) is 4.74 Å². The van der Waals surface area contributed by atoms with Gasteiger partial charge in [-0.1, -0.05) is 30.9 Å². The Bertz CT molecular complexity index is 1090. The first-order chi connectivity index (χ1) is 14.0. The zero-order valence-electron chi connectivity index (χ0n) is 15.5. The number of anilines is 1. The first-order valence-electron chi connectivity index (χ1n) is 8.75. The van der Waals surface area contributed by atoms with Crippen molar-refractivity contribution < 1.29 is 17.9 Å². The number of amides is 1. The molecule has 0 atom stereocenters. The van der Waals surface area contributed by atoms with E-state index in [-0.39, 0.29) is 17.0 Å². The molecule has 0 saturated heterocycles. The summed E-state index contributed by atoms with van der Waals surface area (Å²) in [5.41, 5.74) is 0.780. The average Bonchev–Trinajstić information content (AvgIpc) is 3.25. The fourth-order valence-corrected chi connectivity index (χ4v) is 4.28. The van der Waals surface area contributed by atoms with Gasteiger partial charge in [-0.2, -0.15) is 0 Å². The Hall–Kier alpha value is -2.94. The van der Waals surface area contributed by atoms with Crippen molar-refractivity contribution >= 4 is 33.0 Å². The summed E-state index contributed by atoms with van der Waals surface area (Å²) in [7, 11) is -3.73. The first-order valence-corrected chi connectivity index (χ1v) is 11.1. The second-order valence-corrected chi connectivity index (χ2v) is 8.81. The van der Waals surface area contributed by atoms with E-state index in [2.05, 4.69) is 16.6 Å². The van der Waals surface area contributed by atoms with E-state index in [9.17, 15) is 13.2 Å². The SMILES string of the molecule is C=CCOc1cccc(NC(=O)c2cccc(S(=O)(=O)NCc3cccs3)c2)c1. The molecule has 3 aromatic rings. The normalized spacial score (nSPS) is 11.0. The van der Waals surface area contributed by atoms with Gasteiger partial charge in [-0.15, -0.1) is 11.3 Å². The molecule has 29 heavy (non-hydrogen) atoms. The van der Waals surface area contributed by atoms with Crippen molar-refractivity contribution in [1.29, 1.82) is 0 Å². The van der Waals surface area contributed by atoms with Crippen LogP contribution < -0.4 is 14.8 Å². The largest absolute Gasteiger partial charge is 0.489 e. The number of hydrogen-bond acceptors (Lipinski definition) is 5. The number of nitrogens with one attached hydrogen (secondary N) is 2. The van der Waals surface area contributed by atoms with Crippen molar-refractivity contribution in [2.24, 2.45) is 0 Å². The molecule has 0 saturated carbocycles. The third-order valence-electron chi connectivity index (χ3n) is 3.88. The molecular weight excluding hydrogens is 408 g/mol. The van der Waals surface area contributed by atoms with Gasteiger partial charge in [-0.3, -0.25) is 4.79 Å². The van der Waals surface area contributed by atoms with E-state index in [1.807, 2.05) is 17.5 Å². The number of sulfonamides is 1. The Kier molecular flexibility index (Phi) is 6.82. The monoisotopic (exact) mass is 428 g/mol. The second kappa shape index (κ2) is 9.51. The van der Waals surface area contributed by atoms with Crippen LogP contribution in [0.25, 0.3) is 0 Å². The van der Waals surface area contributed by atoms with Crippen LogP contribution in [0.3, 0.4) is 0 Å². The molecule has 1 amide bonds. The smallest absolute Gasteiger partial charge is 0.255 e. The maximum absolute atomic E-state index is 12.6. The van der Waals surface area contributed by atoms with Crippen LogP contribution in [0.4, 0.5) is 5.69 Å². The lowest BCUT2D eigenvalue weighted by molar-refractivity contribution is 0.102. The minimum Gasteiger partial charge on any atom is -0.489 e. The van der Waals surface area contributed by atoms with E-state index in [1.165, 1.54) is 29.5 Å². The number of hydrogen-bond donors (Lipinski definition) is 2.